The van der Waals surface area contributed by atoms with Crippen LogP contribution >= 0.6 is 11.8 Å². The number of nitrogens with two attached hydrogens (primary N) is 1. The fourth-order valence-electron chi connectivity index (χ4n) is 2.09. The van der Waals surface area contributed by atoms with E-state index in [1.165, 1.54) is 0 Å². The third kappa shape index (κ3) is 2.58. The Morgan fingerprint density at radius 1 is 1.61 bits per heavy atom. The number of rotatable bonds is 3. The molecule has 18 heavy (non-hydrogen) atoms. The van der Waals surface area contributed by atoms with Gasteiger partial charge in [0.25, 0.3) is 0 Å². The second-order valence-electron chi connectivity index (χ2n) is 4.99. The van der Waals surface area contributed by atoms with Gasteiger partial charge >= 0.3 is 0 Å². The predicted octanol–water partition coefficient (Wildman–Crippen LogP) is 1.50. The summed E-state index contributed by atoms with van der Waals surface area (Å²) in [5, 5.41) is 12.3. The molecule has 5 nitrogen and oxygen atoms in total. The molecule has 0 bridgehead atoms. The van der Waals surface area contributed by atoms with Crippen molar-refractivity contribution in [3.63, 3.8) is 0 Å². The van der Waals surface area contributed by atoms with E-state index in [0.717, 1.165) is 12.3 Å². The third-order valence-electron chi connectivity index (χ3n) is 4.00. The quantitative estimate of drug-likeness (QED) is 0.353. The summed E-state index contributed by atoms with van der Waals surface area (Å²) >= 11 is 1.87. The number of carbonyl (C=O) groups excluding carboxylic acids is 1. The van der Waals surface area contributed by atoms with Gasteiger partial charge in [-0.25, -0.2) is 0 Å². The molecule has 104 valence electrons. The Morgan fingerprint density at radius 2 is 2.22 bits per heavy atom. The molecule has 3 unspecified atom stereocenters. The van der Waals surface area contributed by atoms with Crippen LogP contribution < -0.4 is 5.73 Å². The molecule has 3 N–H and O–H groups in total. The average Bonchev–Trinajstić information content (AvgIpc) is 2.39. The van der Waals surface area contributed by atoms with Gasteiger partial charge in [0.05, 0.1) is 0 Å². The van der Waals surface area contributed by atoms with E-state index in [1.807, 2.05) is 23.6 Å². The van der Waals surface area contributed by atoms with Gasteiger partial charge < -0.3 is 15.8 Å². The first kappa shape index (κ1) is 15.1. The molecule has 1 heterocycles. The molecule has 1 aliphatic rings. The SMILES string of the molecule is CCC(C)(C(=O)N1CCSC(C)C1C)C(N)=NO. The number of hydrogen-bond donors (Lipinski definition) is 2. The Morgan fingerprint density at radius 3 is 2.72 bits per heavy atom. The summed E-state index contributed by atoms with van der Waals surface area (Å²) in [6, 6.07) is 0.175. The Bertz CT molecular complexity index is 348. The first-order chi connectivity index (χ1) is 8.38. The predicted molar refractivity (Wildman–Crippen MR) is 74.9 cm³/mol. The Kier molecular flexibility index (Phi) is 4.90. The summed E-state index contributed by atoms with van der Waals surface area (Å²) in [6.45, 7) is 8.52. The van der Waals surface area contributed by atoms with Crippen LogP contribution in [0.25, 0.3) is 0 Å². The Labute approximate surface area is 113 Å². The largest absolute Gasteiger partial charge is 0.409 e. The lowest BCUT2D eigenvalue weighted by molar-refractivity contribution is -0.139. The number of amidine groups is 1. The van der Waals surface area contributed by atoms with Crippen molar-refractivity contribution in [1.29, 1.82) is 0 Å². The number of hydrogen-bond acceptors (Lipinski definition) is 4. The molecular weight excluding hydrogens is 250 g/mol. The van der Waals surface area contributed by atoms with Crippen LogP contribution in [0.2, 0.25) is 0 Å². The highest BCUT2D eigenvalue weighted by Crippen LogP contribution is 2.31. The fourth-order valence-corrected chi connectivity index (χ4v) is 3.19. The third-order valence-corrected chi connectivity index (χ3v) is 5.33. The lowest BCUT2D eigenvalue weighted by atomic mass is 9.84. The van der Waals surface area contributed by atoms with E-state index in [1.54, 1.807) is 6.92 Å². The second kappa shape index (κ2) is 5.82. The molecule has 0 radical (unpaired) electrons. The van der Waals surface area contributed by atoms with Crippen LogP contribution in [0.1, 0.15) is 34.1 Å². The second-order valence-corrected chi connectivity index (χ2v) is 6.47. The van der Waals surface area contributed by atoms with Gasteiger partial charge in [0.2, 0.25) is 5.91 Å². The highest BCUT2D eigenvalue weighted by molar-refractivity contribution is 8.00. The zero-order valence-corrected chi connectivity index (χ0v) is 12.3. The van der Waals surface area contributed by atoms with Crippen molar-refractivity contribution in [2.24, 2.45) is 16.3 Å². The van der Waals surface area contributed by atoms with Crippen LogP contribution in [-0.2, 0) is 4.79 Å². The van der Waals surface area contributed by atoms with E-state index < -0.39 is 5.41 Å². The van der Waals surface area contributed by atoms with Crippen molar-refractivity contribution in [2.45, 2.75) is 45.4 Å². The molecule has 3 atom stereocenters. The van der Waals surface area contributed by atoms with Crippen molar-refractivity contribution >= 4 is 23.5 Å². The number of oxime groups is 1. The topological polar surface area (TPSA) is 78.9 Å². The maximum Gasteiger partial charge on any atom is 0.236 e. The highest BCUT2D eigenvalue weighted by Gasteiger charge is 2.42. The van der Waals surface area contributed by atoms with E-state index in [4.69, 9.17) is 10.9 Å². The molecule has 0 aromatic rings. The van der Waals surface area contributed by atoms with Crippen molar-refractivity contribution in [2.75, 3.05) is 12.3 Å². The van der Waals surface area contributed by atoms with Gasteiger partial charge in [-0.1, -0.05) is 19.0 Å². The van der Waals surface area contributed by atoms with Crippen molar-refractivity contribution < 1.29 is 10.0 Å². The molecule has 0 aromatic heterocycles. The van der Waals surface area contributed by atoms with Crippen molar-refractivity contribution in [1.82, 2.24) is 4.90 Å². The molecule has 1 amide bonds. The van der Waals surface area contributed by atoms with Crippen LogP contribution in [0.15, 0.2) is 5.16 Å². The molecule has 1 aliphatic heterocycles. The molecule has 0 saturated carbocycles. The number of carbonyl (C=O) groups is 1. The molecule has 1 rings (SSSR count). The summed E-state index contributed by atoms with van der Waals surface area (Å²) in [6.07, 6.45) is 0.520. The van der Waals surface area contributed by atoms with E-state index in [-0.39, 0.29) is 17.8 Å². The summed E-state index contributed by atoms with van der Waals surface area (Å²) < 4.78 is 0. The average molecular weight is 273 g/mol. The minimum absolute atomic E-state index is 0.00641. The van der Waals surface area contributed by atoms with E-state index >= 15 is 0 Å². The van der Waals surface area contributed by atoms with E-state index in [9.17, 15) is 4.79 Å². The minimum Gasteiger partial charge on any atom is -0.409 e. The number of amides is 1. The van der Waals surface area contributed by atoms with Crippen molar-refractivity contribution in [3.05, 3.63) is 0 Å². The molecule has 0 aromatic carbocycles. The summed E-state index contributed by atoms with van der Waals surface area (Å²) in [4.78, 5) is 14.5. The standard InChI is InChI=1S/C12H23N3O2S/c1-5-12(4,10(13)14-17)11(16)15-6-7-18-9(3)8(15)2/h8-9,17H,5-7H2,1-4H3,(H2,13,14). The zero-order chi connectivity index (χ0) is 13.9. The Hall–Kier alpha value is -0.910. The van der Waals surface area contributed by atoms with E-state index in [0.29, 0.717) is 11.7 Å². The summed E-state index contributed by atoms with van der Waals surface area (Å²) in [7, 11) is 0. The van der Waals surface area contributed by atoms with Gasteiger partial charge in [-0.2, -0.15) is 11.8 Å². The van der Waals surface area contributed by atoms with Gasteiger partial charge in [0.1, 0.15) is 5.41 Å². The Balaban J connectivity index is 2.97. The maximum atomic E-state index is 12.7. The minimum atomic E-state index is -0.912. The van der Waals surface area contributed by atoms with Crippen LogP contribution in [0.4, 0.5) is 0 Å². The summed E-state index contributed by atoms with van der Waals surface area (Å²) in [5.74, 6) is 0.890. The van der Waals surface area contributed by atoms with Gasteiger partial charge in [-0.3, -0.25) is 4.79 Å². The lowest BCUT2D eigenvalue weighted by Crippen LogP contribution is -2.56. The molecule has 6 heteroatoms. The first-order valence-corrected chi connectivity index (χ1v) is 7.34. The number of thioether (sulfide) groups is 1. The van der Waals surface area contributed by atoms with Crippen LogP contribution in [0.5, 0.6) is 0 Å². The van der Waals surface area contributed by atoms with Crippen LogP contribution in [-0.4, -0.2) is 45.4 Å². The smallest absolute Gasteiger partial charge is 0.236 e. The monoisotopic (exact) mass is 273 g/mol. The normalized spacial score (nSPS) is 28.9. The first-order valence-electron chi connectivity index (χ1n) is 6.29. The van der Waals surface area contributed by atoms with Gasteiger partial charge in [0.15, 0.2) is 5.84 Å². The van der Waals surface area contributed by atoms with Crippen LogP contribution in [0.3, 0.4) is 0 Å². The lowest BCUT2D eigenvalue weighted by Gasteiger charge is -2.41. The van der Waals surface area contributed by atoms with Gasteiger partial charge in [0, 0.05) is 23.6 Å². The fraction of sp³-hybridized carbons (Fsp3) is 0.833. The summed E-state index contributed by atoms with van der Waals surface area (Å²) in [5.41, 5.74) is 4.78. The number of nitrogens with zero attached hydrogens (tertiary/aromatic N) is 2. The molecule has 1 saturated heterocycles. The molecule has 0 aliphatic carbocycles. The van der Waals surface area contributed by atoms with Crippen LogP contribution in [0, 0.1) is 5.41 Å². The van der Waals surface area contributed by atoms with Gasteiger partial charge in [-0.15, -0.1) is 0 Å². The van der Waals surface area contributed by atoms with E-state index in [2.05, 4.69) is 19.0 Å². The zero-order valence-electron chi connectivity index (χ0n) is 11.5. The van der Waals surface area contributed by atoms with Gasteiger partial charge in [-0.05, 0) is 20.3 Å². The maximum absolute atomic E-state index is 12.7. The van der Waals surface area contributed by atoms with Crippen molar-refractivity contribution in [3.8, 4) is 0 Å². The molecule has 1 fully saturated rings. The molecular formula is C12H23N3O2S. The highest BCUT2D eigenvalue weighted by atomic mass is 32.2. The molecule has 0 spiro atoms.